The van der Waals surface area contributed by atoms with Crippen molar-refractivity contribution in [3.05, 3.63) is 12.7 Å². The summed E-state index contributed by atoms with van der Waals surface area (Å²) in [4.78, 5) is 13.9. The number of ether oxygens (including phenoxy) is 3. The molecule has 3 fully saturated rings. The van der Waals surface area contributed by atoms with Gasteiger partial charge in [-0.05, 0) is 55.8 Å². The SMILES string of the molecule is C=CC[C@]1(C)C[C@@H](OCOC)[C@]2(C)[C@@H](C)CC[C@]3(CC[C@@H](OC)[C@@H]32)[C@@H](C)C1=O. The van der Waals surface area contributed by atoms with Crippen LogP contribution in [-0.2, 0) is 19.0 Å². The lowest BCUT2D eigenvalue weighted by Gasteiger charge is -2.62. The number of carbonyl (C=O) groups excluding carboxylic acids is 1. The van der Waals surface area contributed by atoms with Crippen LogP contribution in [0, 0.1) is 34.0 Å². The van der Waals surface area contributed by atoms with Gasteiger partial charge in [0.05, 0.1) is 12.2 Å². The molecule has 4 heteroatoms. The summed E-state index contributed by atoms with van der Waals surface area (Å²) in [5.74, 6) is 1.27. The largest absolute Gasteiger partial charge is 0.381 e. The quantitative estimate of drug-likeness (QED) is 0.470. The molecule has 3 saturated carbocycles. The lowest BCUT2D eigenvalue weighted by atomic mass is 9.44. The third kappa shape index (κ3) is 3.02. The number of ketones is 1. The Morgan fingerprint density at radius 2 is 1.86 bits per heavy atom. The minimum atomic E-state index is -0.443. The summed E-state index contributed by atoms with van der Waals surface area (Å²) >= 11 is 0. The van der Waals surface area contributed by atoms with Crippen LogP contribution in [0.5, 0.6) is 0 Å². The lowest BCUT2D eigenvalue weighted by molar-refractivity contribution is -0.219. The van der Waals surface area contributed by atoms with Gasteiger partial charge in [-0.1, -0.05) is 33.8 Å². The molecule has 0 aromatic heterocycles. The summed E-state index contributed by atoms with van der Waals surface area (Å²) in [5.41, 5.74) is -0.483. The van der Waals surface area contributed by atoms with E-state index in [0.717, 1.165) is 32.1 Å². The van der Waals surface area contributed by atoms with Crippen molar-refractivity contribution in [3.8, 4) is 0 Å². The molecule has 0 unspecified atom stereocenters. The predicted octanol–water partition coefficient (Wildman–Crippen LogP) is 5.01. The third-order valence-electron chi connectivity index (χ3n) is 9.13. The van der Waals surface area contributed by atoms with Crippen LogP contribution in [0.4, 0.5) is 0 Å². The maximum Gasteiger partial charge on any atom is 0.146 e. The van der Waals surface area contributed by atoms with E-state index in [9.17, 15) is 4.79 Å². The maximum atomic E-state index is 13.9. The van der Waals surface area contributed by atoms with E-state index in [1.807, 2.05) is 13.2 Å². The van der Waals surface area contributed by atoms with Gasteiger partial charge in [-0.2, -0.15) is 0 Å². The van der Waals surface area contributed by atoms with Gasteiger partial charge in [-0.3, -0.25) is 4.79 Å². The minimum absolute atomic E-state index is 0.0105. The van der Waals surface area contributed by atoms with Gasteiger partial charge in [0.15, 0.2) is 0 Å². The van der Waals surface area contributed by atoms with E-state index in [1.54, 1.807) is 7.11 Å². The third-order valence-corrected chi connectivity index (χ3v) is 9.13. The van der Waals surface area contributed by atoms with Crippen molar-refractivity contribution in [1.82, 2.24) is 0 Å². The Bertz CT molecular complexity index is 603. The second-order valence-electron chi connectivity index (χ2n) is 10.2. The van der Waals surface area contributed by atoms with Crippen LogP contribution in [0.25, 0.3) is 0 Å². The smallest absolute Gasteiger partial charge is 0.146 e. The Hall–Kier alpha value is -0.710. The molecule has 2 bridgehead atoms. The molecular formula is C24H40O4. The molecule has 160 valence electrons. The first-order valence-electron chi connectivity index (χ1n) is 11.0. The molecule has 0 saturated heterocycles. The first kappa shape index (κ1) is 22.0. The van der Waals surface area contributed by atoms with Crippen LogP contribution < -0.4 is 0 Å². The number of methoxy groups -OCH3 is 2. The monoisotopic (exact) mass is 392 g/mol. The zero-order valence-corrected chi connectivity index (χ0v) is 18.8. The van der Waals surface area contributed by atoms with Crippen LogP contribution in [0.15, 0.2) is 12.7 Å². The average Bonchev–Trinajstić information content (AvgIpc) is 3.07. The van der Waals surface area contributed by atoms with Gasteiger partial charge in [0.25, 0.3) is 0 Å². The Morgan fingerprint density at radius 3 is 2.46 bits per heavy atom. The van der Waals surface area contributed by atoms with Gasteiger partial charge in [-0.25, -0.2) is 0 Å². The maximum absolute atomic E-state index is 13.9. The Balaban J connectivity index is 2.18. The normalized spacial score (nSPS) is 48.6. The standard InChI is InChI=1S/C24H40O4/c1-8-11-22(4)14-19(28-15-26-6)23(5)16(2)9-12-24(17(3)21(22)25)13-10-18(27-7)20(23)24/h8,16-20H,1,9-15H2,2-7H3/t16-,17-,18+,19+,20+,22+,23-,24-/m0/s1. The second-order valence-corrected chi connectivity index (χ2v) is 10.2. The molecule has 0 aromatic rings. The molecule has 0 spiro atoms. The van der Waals surface area contributed by atoms with E-state index < -0.39 is 5.41 Å². The Morgan fingerprint density at radius 1 is 1.18 bits per heavy atom. The van der Waals surface area contributed by atoms with Crippen molar-refractivity contribution >= 4 is 5.78 Å². The molecule has 0 amide bonds. The van der Waals surface area contributed by atoms with Crippen LogP contribution in [0.1, 0.15) is 66.2 Å². The van der Waals surface area contributed by atoms with Gasteiger partial charge in [0.1, 0.15) is 12.6 Å². The zero-order valence-electron chi connectivity index (χ0n) is 18.8. The first-order chi connectivity index (χ1) is 13.2. The lowest BCUT2D eigenvalue weighted by Crippen LogP contribution is -2.62. The van der Waals surface area contributed by atoms with E-state index in [1.165, 1.54) is 0 Å². The summed E-state index contributed by atoms with van der Waals surface area (Å²) in [5, 5.41) is 0. The summed E-state index contributed by atoms with van der Waals surface area (Å²) in [6, 6.07) is 0. The van der Waals surface area contributed by atoms with E-state index in [0.29, 0.717) is 24.0 Å². The fourth-order valence-corrected chi connectivity index (χ4v) is 7.39. The Labute approximate surface area is 171 Å². The molecule has 3 rings (SSSR count). The van der Waals surface area contributed by atoms with Crippen molar-refractivity contribution in [2.75, 3.05) is 21.0 Å². The highest BCUT2D eigenvalue weighted by Crippen LogP contribution is 2.68. The van der Waals surface area contributed by atoms with E-state index in [-0.39, 0.29) is 35.7 Å². The molecule has 3 aliphatic carbocycles. The molecule has 0 radical (unpaired) electrons. The van der Waals surface area contributed by atoms with Crippen LogP contribution >= 0.6 is 0 Å². The molecular weight excluding hydrogens is 352 g/mol. The molecule has 0 aromatic carbocycles. The molecule has 3 aliphatic rings. The van der Waals surface area contributed by atoms with Gasteiger partial charge in [-0.15, -0.1) is 6.58 Å². The number of Topliss-reactive ketones (excluding diaryl/α,β-unsaturated/α-hetero) is 1. The number of hydrogen-bond acceptors (Lipinski definition) is 4. The highest BCUT2D eigenvalue weighted by molar-refractivity contribution is 5.87. The molecule has 0 N–H and O–H groups in total. The number of hydrogen-bond donors (Lipinski definition) is 0. The number of allylic oxidation sites excluding steroid dienone is 1. The van der Waals surface area contributed by atoms with Gasteiger partial charge in [0, 0.05) is 31.0 Å². The van der Waals surface area contributed by atoms with Crippen LogP contribution in [0.3, 0.4) is 0 Å². The topological polar surface area (TPSA) is 44.8 Å². The highest BCUT2D eigenvalue weighted by Gasteiger charge is 2.68. The van der Waals surface area contributed by atoms with Crippen LogP contribution in [0.2, 0.25) is 0 Å². The molecule has 4 nitrogen and oxygen atoms in total. The summed E-state index contributed by atoms with van der Waals surface area (Å²) in [7, 11) is 3.51. The van der Waals surface area contributed by atoms with Gasteiger partial charge < -0.3 is 14.2 Å². The fourth-order valence-electron chi connectivity index (χ4n) is 7.39. The summed E-state index contributed by atoms with van der Waals surface area (Å²) < 4.78 is 17.7. The van der Waals surface area contributed by atoms with Crippen molar-refractivity contribution in [1.29, 1.82) is 0 Å². The van der Waals surface area contributed by atoms with Gasteiger partial charge >= 0.3 is 0 Å². The summed E-state index contributed by atoms with van der Waals surface area (Å²) in [6.07, 6.45) is 7.85. The predicted molar refractivity (Wildman–Crippen MR) is 111 cm³/mol. The van der Waals surface area contributed by atoms with Crippen molar-refractivity contribution < 1.29 is 19.0 Å². The van der Waals surface area contributed by atoms with Crippen LogP contribution in [-0.4, -0.2) is 39.0 Å². The van der Waals surface area contributed by atoms with E-state index >= 15 is 0 Å². The van der Waals surface area contributed by atoms with Gasteiger partial charge in [0.2, 0.25) is 0 Å². The van der Waals surface area contributed by atoms with Crippen molar-refractivity contribution in [2.24, 2.45) is 34.0 Å². The second kappa shape index (κ2) is 7.85. The number of rotatable bonds is 6. The molecule has 28 heavy (non-hydrogen) atoms. The average molecular weight is 393 g/mol. The molecule has 0 aliphatic heterocycles. The molecule has 0 heterocycles. The molecule has 8 atom stereocenters. The summed E-state index contributed by atoms with van der Waals surface area (Å²) in [6.45, 7) is 13.3. The fraction of sp³-hybridized carbons (Fsp3) is 0.875. The first-order valence-corrected chi connectivity index (χ1v) is 11.0. The zero-order chi connectivity index (χ0) is 20.7. The van der Waals surface area contributed by atoms with E-state index in [4.69, 9.17) is 14.2 Å². The highest BCUT2D eigenvalue weighted by atomic mass is 16.7. The number of carbonyl (C=O) groups is 1. The Kier molecular flexibility index (Phi) is 6.16. The van der Waals surface area contributed by atoms with Crippen molar-refractivity contribution in [3.63, 3.8) is 0 Å². The van der Waals surface area contributed by atoms with Crippen molar-refractivity contribution in [2.45, 2.75) is 78.4 Å². The minimum Gasteiger partial charge on any atom is -0.381 e. The van der Waals surface area contributed by atoms with E-state index in [2.05, 4.69) is 34.3 Å².